The molecule has 0 unspecified atom stereocenters. The molecule has 0 amide bonds. The first kappa shape index (κ1) is 27.7. The van der Waals surface area contributed by atoms with E-state index in [1.165, 1.54) is 27.0 Å². The maximum absolute atomic E-state index is 12.1. The number of hydrogen-bond donors (Lipinski definition) is 0. The van der Waals surface area contributed by atoms with Crippen molar-refractivity contribution in [3.63, 3.8) is 0 Å². The van der Waals surface area contributed by atoms with Crippen LogP contribution in [0.5, 0.6) is 23.0 Å². The summed E-state index contributed by atoms with van der Waals surface area (Å²) in [6, 6.07) is 17.4. The number of esters is 3. The van der Waals surface area contributed by atoms with E-state index in [2.05, 4.69) is 19.7 Å². The van der Waals surface area contributed by atoms with Crippen molar-refractivity contribution in [2.75, 3.05) is 7.11 Å². The number of carbonyl (C=O) groups is 3. The molecule has 0 N–H and O–H groups in total. The van der Waals surface area contributed by atoms with Crippen LogP contribution in [0.15, 0.2) is 97.1 Å². The molecular weight excluding hydrogens is 484 g/mol. The molecule has 0 aliphatic carbocycles. The molecule has 0 aromatic heterocycles. The average Bonchev–Trinajstić information content (AvgIpc) is 2.88. The molecule has 0 saturated carbocycles. The van der Waals surface area contributed by atoms with Gasteiger partial charge in [0.05, 0.1) is 7.11 Å². The predicted molar refractivity (Wildman–Crippen MR) is 145 cm³/mol. The standard InChI is InChI=1S/C31H28O7/c1-18(2)29(32)36-24-12-13-27(28(17-24)35-7)22-10-8-21(9-11-22)23-14-25(37-30(33)19(3)4)16-26(15-23)38-31(34)20(5)6/h8-17H,1,3,5H2,2,4,6-7H3. The molecule has 0 radical (unpaired) electrons. The Balaban J connectivity index is 1.95. The van der Waals surface area contributed by atoms with Gasteiger partial charge in [-0.05, 0) is 61.7 Å². The summed E-state index contributed by atoms with van der Waals surface area (Å²) in [5.41, 5.74) is 3.82. The van der Waals surface area contributed by atoms with Crippen LogP contribution in [0, 0.1) is 0 Å². The molecule has 3 aromatic carbocycles. The lowest BCUT2D eigenvalue weighted by molar-refractivity contribution is -0.131. The van der Waals surface area contributed by atoms with Gasteiger partial charge in [-0.25, -0.2) is 14.4 Å². The SMILES string of the molecule is C=C(C)C(=O)Oc1cc(OC(=O)C(=C)C)cc(-c2ccc(-c3ccc(OC(=O)C(=C)C)cc3OC)cc2)c1. The van der Waals surface area contributed by atoms with Crippen LogP contribution in [0.2, 0.25) is 0 Å². The zero-order valence-corrected chi connectivity index (χ0v) is 21.8. The smallest absolute Gasteiger partial charge is 0.338 e. The number of ether oxygens (including phenoxy) is 4. The fourth-order valence-electron chi connectivity index (χ4n) is 3.25. The molecule has 0 fully saturated rings. The van der Waals surface area contributed by atoms with Gasteiger partial charge in [0.2, 0.25) is 0 Å². The minimum Gasteiger partial charge on any atom is -0.496 e. The molecule has 0 aliphatic rings. The molecule has 194 valence electrons. The maximum Gasteiger partial charge on any atom is 0.338 e. The highest BCUT2D eigenvalue weighted by Crippen LogP contribution is 2.36. The fraction of sp³-hybridized carbons (Fsp3) is 0.129. The summed E-state index contributed by atoms with van der Waals surface area (Å²) >= 11 is 0. The minimum atomic E-state index is -0.598. The number of carbonyl (C=O) groups excluding carboxylic acids is 3. The summed E-state index contributed by atoms with van der Waals surface area (Å²) in [5, 5.41) is 0. The molecule has 7 heteroatoms. The number of rotatable bonds is 9. The van der Waals surface area contributed by atoms with Crippen LogP contribution in [0.1, 0.15) is 20.8 Å². The van der Waals surface area contributed by atoms with Crippen molar-refractivity contribution in [2.24, 2.45) is 0 Å². The second kappa shape index (κ2) is 11.9. The van der Waals surface area contributed by atoms with E-state index in [4.69, 9.17) is 18.9 Å². The topological polar surface area (TPSA) is 88.1 Å². The Morgan fingerprint density at radius 1 is 0.553 bits per heavy atom. The second-order valence-corrected chi connectivity index (χ2v) is 8.64. The van der Waals surface area contributed by atoms with Crippen molar-refractivity contribution >= 4 is 17.9 Å². The van der Waals surface area contributed by atoms with Gasteiger partial charge in [0.25, 0.3) is 0 Å². The molecule has 3 rings (SSSR count). The quantitative estimate of drug-likeness (QED) is 0.184. The lowest BCUT2D eigenvalue weighted by Crippen LogP contribution is -2.10. The third kappa shape index (κ3) is 6.85. The summed E-state index contributed by atoms with van der Waals surface area (Å²) in [7, 11) is 1.53. The van der Waals surface area contributed by atoms with E-state index in [-0.39, 0.29) is 22.6 Å². The van der Waals surface area contributed by atoms with Crippen molar-refractivity contribution in [2.45, 2.75) is 20.8 Å². The molecule has 38 heavy (non-hydrogen) atoms. The van der Waals surface area contributed by atoms with Gasteiger partial charge in [0.1, 0.15) is 23.0 Å². The highest BCUT2D eigenvalue weighted by atomic mass is 16.5. The van der Waals surface area contributed by atoms with E-state index >= 15 is 0 Å². The Morgan fingerprint density at radius 3 is 1.45 bits per heavy atom. The Bertz CT molecular complexity index is 1400. The lowest BCUT2D eigenvalue weighted by atomic mass is 9.99. The van der Waals surface area contributed by atoms with Crippen LogP contribution in [-0.4, -0.2) is 25.0 Å². The first-order valence-electron chi connectivity index (χ1n) is 11.6. The van der Waals surface area contributed by atoms with Crippen molar-refractivity contribution < 1.29 is 33.3 Å². The van der Waals surface area contributed by atoms with Crippen molar-refractivity contribution in [3.8, 4) is 45.3 Å². The summed E-state index contributed by atoms with van der Waals surface area (Å²) < 4.78 is 21.6. The van der Waals surface area contributed by atoms with Crippen LogP contribution in [0.25, 0.3) is 22.3 Å². The van der Waals surface area contributed by atoms with Gasteiger partial charge in [0, 0.05) is 34.4 Å². The Kier molecular flexibility index (Phi) is 8.65. The van der Waals surface area contributed by atoms with Gasteiger partial charge in [0.15, 0.2) is 0 Å². The Hall–Kier alpha value is -4.91. The van der Waals surface area contributed by atoms with E-state index in [9.17, 15) is 14.4 Å². The van der Waals surface area contributed by atoms with Crippen LogP contribution in [0.3, 0.4) is 0 Å². The third-order valence-corrected chi connectivity index (χ3v) is 5.26. The fourth-order valence-corrected chi connectivity index (χ4v) is 3.25. The van der Waals surface area contributed by atoms with E-state index in [0.29, 0.717) is 22.6 Å². The van der Waals surface area contributed by atoms with Crippen LogP contribution in [-0.2, 0) is 14.4 Å². The van der Waals surface area contributed by atoms with Gasteiger partial charge in [-0.3, -0.25) is 0 Å². The molecule has 0 heterocycles. The van der Waals surface area contributed by atoms with Gasteiger partial charge >= 0.3 is 17.9 Å². The molecule has 3 aromatic rings. The van der Waals surface area contributed by atoms with Gasteiger partial charge < -0.3 is 18.9 Å². The number of hydrogen-bond acceptors (Lipinski definition) is 7. The summed E-state index contributed by atoms with van der Waals surface area (Å²) in [5.74, 6) is -0.455. The van der Waals surface area contributed by atoms with Crippen LogP contribution in [0.4, 0.5) is 0 Å². The van der Waals surface area contributed by atoms with Gasteiger partial charge in [-0.15, -0.1) is 0 Å². The van der Waals surface area contributed by atoms with Gasteiger partial charge in [-0.1, -0.05) is 44.0 Å². The molecular formula is C31H28O7. The average molecular weight is 513 g/mol. The molecule has 0 spiro atoms. The monoisotopic (exact) mass is 512 g/mol. The van der Waals surface area contributed by atoms with Gasteiger partial charge in [-0.2, -0.15) is 0 Å². The van der Waals surface area contributed by atoms with E-state index in [0.717, 1.165) is 16.7 Å². The lowest BCUT2D eigenvalue weighted by Gasteiger charge is -2.13. The zero-order chi connectivity index (χ0) is 28.0. The number of methoxy groups -OCH3 is 1. The summed E-state index contributed by atoms with van der Waals surface area (Å²) in [6.45, 7) is 15.4. The predicted octanol–water partition coefficient (Wildman–Crippen LogP) is 6.47. The zero-order valence-electron chi connectivity index (χ0n) is 21.8. The Morgan fingerprint density at radius 2 is 1.00 bits per heavy atom. The molecule has 0 aliphatic heterocycles. The first-order chi connectivity index (χ1) is 18.0. The van der Waals surface area contributed by atoms with E-state index in [1.54, 1.807) is 37.3 Å². The third-order valence-electron chi connectivity index (χ3n) is 5.26. The summed E-state index contributed by atoms with van der Waals surface area (Å²) in [4.78, 5) is 36.0. The second-order valence-electron chi connectivity index (χ2n) is 8.64. The first-order valence-corrected chi connectivity index (χ1v) is 11.6. The molecule has 7 nitrogen and oxygen atoms in total. The van der Waals surface area contributed by atoms with Crippen molar-refractivity contribution in [1.82, 2.24) is 0 Å². The van der Waals surface area contributed by atoms with E-state index < -0.39 is 17.9 Å². The number of benzene rings is 3. The normalized spacial score (nSPS) is 10.2. The highest BCUT2D eigenvalue weighted by molar-refractivity contribution is 5.91. The van der Waals surface area contributed by atoms with Crippen LogP contribution < -0.4 is 18.9 Å². The van der Waals surface area contributed by atoms with Crippen molar-refractivity contribution in [1.29, 1.82) is 0 Å². The molecule has 0 saturated heterocycles. The van der Waals surface area contributed by atoms with Crippen molar-refractivity contribution in [3.05, 3.63) is 97.1 Å². The molecule has 0 atom stereocenters. The largest absolute Gasteiger partial charge is 0.496 e. The molecule has 0 bridgehead atoms. The maximum atomic E-state index is 12.1. The highest BCUT2D eigenvalue weighted by Gasteiger charge is 2.14. The van der Waals surface area contributed by atoms with E-state index in [1.807, 2.05) is 24.3 Å². The minimum absolute atomic E-state index is 0.200. The summed E-state index contributed by atoms with van der Waals surface area (Å²) in [6.07, 6.45) is 0. The van der Waals surface area contributed by atoms with Crippen LogP contribution >= 0.6 is 0 Å². The Labute approximate surface area is 221 Å².